The number of rotatable bonds is 11. The van der Waals surface area contributed by atoms with Crippen LogP contribution in [0.2, 0.25) is 0 Å². The molecular weight excluding hydrogens is 276 g/mol. The van der Waals surface area contributed by atoms with Crippen molar-refractivity contribution >= 4 is 11.8 Å². The molecule has 0 spiro atoms. The van der Waals surface area contributed by atoms with Gasteiger partial charge in [0, 0.05) is 43.2 Å². The van der Waals surface area contributed by atoms with Gasteiger partial charge in [0.2, 0.25) is 0 Å². The molecule has 3 heteroatoms. The quantitative estimate of drug-likeness (QED) is 0.622. The van der Waals surface area contributed by atoms with Crippen molar-refractivity contribution in [3.05, 3.63) is 35.9 Å². The fraction of sp³-hybridized carbons (Fsp3) is 0.667. The van der Waals surface area contributed by atoms with Gasteiger partial charge < -0.3 is 5.32 Å². The number of thioether (sulfide) groups is 1. The van der Waals surface area contributed by atoms with Crippen LogP contribution < -0.4 is 5.32 Å². The Morgan fingerprint density at radius 1 is 1.10 bits per heavy atom. The molecule has 21 heavy (non-hydrogen) atoms. The van der Waals surface area contributed by atoms with Crippen molar-refractivity contribution in [2.24, 2.45) is 0 Å². The van der Waals surface area contributed by atoms with Gasteiger partial charge in [0.25, 0.3) is 0 Å². The predicted octanol–water partition coefficient (Wildman–Crippen LogP) is 4.02. The Balaban J connectivity index is 2.06. The van der Waals surface area contributed by atoms with Crippen LogP contribution in [0.1, 0.15) is 39.7 Å². The van der Waals surface area contributed by atoms with Crippen LogP contribution in [0.25, 0.3) is 0 Å². The van der Waals surface area contributed by atoms with Crippen LogP contribution >= 0.6 is 11.8 Å². The third-order valence-corrected chi connectivity index (χ3v) is 4.93. The van der Waals surface area contributed by atoms with Gasteiger partial charge in [-0.3, -0.25) is 4.90 Å². The van der Waals surface area contributed by atoms with Crippen molar-refractivity contribution in [1.29, 1.82) is 0 Å². The van der Waals surface area contributed by atoms with E-state index in [9.17, 15) is 0 Å². The monoisotopic (exact) mass is 308 g/mol. The molecule has 0 radical (unpaired) electrons. The lowest BCUT2D eigenvalue weighted by molar-refractivity contribution is 0.161. The van der Waals surface area contributed by atoms with E-state index >= 15 is 0 Å². The summed E-state index contributed by atoms with van der Waals surface area (Å²) in [6.45, 7) is 12.5. The number of hydrogen-bond donors (Lipinski definition) is 1. The zero-order valence-corrected chi connectivity index (χ0v) is 15.0. The topological polar surface area (TPSA) is 15.3 Å². The highest BCUT2D eigenvalue weighted by Crippen LogP contribution is 2.10. The van der Waals surface area contributed by atoms with Crippen LogP contribution in [-0.4, -0.2) is 42.4 Å². The Morgan fingerprint density at radius 2 is 1.81 bits per heavy atom. The SMILES string of the molecule is CCC(C)N(CCNCCSCc1ccccc1)C(C)C. The predicted molar refractivity (Wildman–Crippen MR) is 97.1 cm³/mol. The molecule has 1 aromatic carbocycles. The van der Waals surface area contributed by atoms with E-state index in [1.54, 1.807) is 0 Å². The molecule has 0 aromatic heterocycles. The Kier molecular flexibility index (Phi) is 9.81. The summed E-state index contributed by atoms with van der Waals surface area (Å²) in [4.78, 5) is 2.59. The highest BCUT2D eigenvalue weighted by Gasteiger charge is 2.14. The van der Waals surface area contributed by atoms with Crippen molar-refractivity contribution in [3.8, 4) is 0 Å². The summed E-state index contributed by atoms with van der Waals surface area (Å²) in [6, 6.07) is 12.0. The second-order valence-electron chi connectivity index (χ2n) is 5.88. The van der Waals surface area contributed by atoms with Crippen LogP contribution in [-0.2, 0) is 5.75 Å². The number of nitrogens with zero attached hydrogens (tertiary/aromatic N) is 1. The maximum atomic E-state index is 3.57. The van der Waals surface area contributed by atoms with Crippen molar-refractivity contribution in [2.45, 2.75) is 52.0 Å². The van der Waals surface area contributed by atoms with Gasteiger partial charge in [-0.1, -0.05) is 37.3 Å². The molecule has 0 aliphatic carbocycles. The molecule has 0 aliphatic heterocycles. The minimum Gasteiger partial charge on any atom is -0.315 e. The van der Waals surface area contributed by atoms with Gasteiger partial charge in [-0.15, -0.1) is 0 Å². The van der Waals surface area contributed by atoms with Crippen molar-refractivity contribution in [1.82, 2.24) is 10.2 Å². The number of hydrogen-bond acceptors (Lipinski definition) is 3. The first-order chi connectivity index (χ1) is 10.1. The van der Waals surface area contributed by atoms with Crippen LogP contribution in [0.3, 0.4) is 0 Å². The summed E-state index contributed by atoms with van der Waals surface area (Å²) >= 11 is 2.01. The summed E-state index contributed by atoms with van der Waals surface area (Å²) in [7, 11) is 0. The molecule has 0 fully saturated rings. The Labute approximate surface area is 135 Å². The van der Waals surface area contributed by atoms with E-state index in [0.717, 1.165) is 25.4 Å². The summed E-state index contributed by atoms with van der Waals surface area (Å²) in [6.07, 6.45) is 1.23. The fourth-order valence-corrected chi connectivity index (χ4v) is 3.32. The lowest BCUT2D eigenvalue weighted by Crippen LogP contribution is -2.42. The lowest BCUT2D eigenvalue weighted by Gasteiger charge is -2.32. The van der Waals surface area contributed by atoms with Crippen LogP contribution in [0, 0.1) is 0 Å². The first kappa shape index (κ1) is 18.5. The first-order valence-corrected chi connectivity index (χ1v) is 9.38. The minimum absolute atomic E-state index is 0.634. The van der Waals surface area contributed by atoms with Crippen LogP contribution in [0.5, 0.6) is 0 Å². The van der Waals surface area contributed by atoms with E-state index in [0.29, 0.717) is 12.1 Å². The van der Waals surface area contributed by atoms with E-state index in [1.165, 1.54) is 17.7 Å². The average molecular weight is 309 g/mol. The molecule has 0 aliphatic rings. The number of nitrogens with one attached hydrogen (secondary N) is 1. The molecule has 0 heterocycles. The summed E-state index contributed by atoms with van der Waals surface area (Å²) in [5, 5.41) is 3.57. The highest BCUT2D eigenvalue weighted by atomic mass is 32.2. The minimum atomic E-state index is 0.634. The summed E-state index contributed by atoms with van der Waals surface area (Å²) in [5.74, 6) is 2.30. The summed E-state index contributed by atoms with van der Waals surface area (Å²) < 4.78 is 0. The molecule has 0 bridgehead atoms. The zero-order valence-electron chi connectivity index (χ0n) is 14.1. The third kappa shape index (κ3) is 7.89. The smallest absolute Gasteiger partial charge is 0.0185 e. The van der Waals surface area contributed by atoms with Gasteiger partial charge in [0.1, 0.15) is 0 Å². The molecule has 120 valence electrons. The van der Waals surface area contributed by atoms with Gasteiger partial charge in [-0.2, -0.15) is 11.8 Å². The maximum absolute atomic E-state index is 3.57. The van der Waals surface area contributed by atoms with Crippen molar-refractivity contribution in [2.75, 3.05) is 25.4 Å². The normalized spacial score (nSPS) is 13.0. The molecule has 1 N–H and O–H groups in total. The zero-order chi connectivity index (χ0) is 15.5. The van der Waals surface area contributed by atoms with E-state index in [1.807, 2.05) is 11.8 Å². The highest BCUT2D eigenvalue weighted by molar-refractivity contribution is 7.98. The molecule has 1 atom stereocenters. The largest absolute Gasteiger partial charge is 0.315 e. The molecule has 1 unspecified atom stereocenters. The van der Waals surface area contributed by atoms with Crippen molar-refractivity contribution < 1.29 is 0 Å². The molecule has 0 amide bonds. The number of benzene rings is 1. The molecule has 2 nitrogen and oxygen atoms in total. The Bertz CT molecular complexity index is 353. The fourth-order valence-electron chi connectivity index (χ4n) is 2.46. The first-order valence-electron chi connectivity index (χ1n) is 8.23. The van der Waals surface area contributed by atoms with Crippen LogP contribution in [0.15, 0.2) is 30.3 Å². The Morgan fingerprint density at radius 3 is 2.43 bits per heavy atom. The third-order valence-electron chi connectivity index (χ3n) is 3.90. The lowest BCUT2D eigenvalue weighted by atomic mass is 10.2. The maximum Gasteiger partial charge on any atom is 0.0185 e. The summed E-state index contributed by atoms with van der Waals surface area (Å²) in [5.41, 5.74) is 1.42. The van der Waals surface area contributed by atoms with Crippen molar-refractivity contribution in [3.63, 3.8) is 0 Å². The van der Waals surface area contributed by atoms with E-state index in [2.05, 4.69) is 68.2 Å². The second-order valence-corrected chi connectivity index (χ2v) is 6.98. The van der Waals surface area contributed by atoms with Gasteiger partial charge in [0.15, 0.2) is 0 Å². The standard InChI is InChI=1S/C18H32N2S/c1-5-17(4)20(16(2)3)13-11-19-12-14-21-15-18-9-7-6-8-10-18/h6-10,16-17,19H,5,11-15H2,1-4H3. The van der Waals surface area contributed by atoms with E-state index < -0.39 is 0 Å². The molecule has 1 rings (SSSR count). The Hall–Kier alpha value is -0.510. The van der Waals surface area contributed by atoms with Gasteiger partial charge in [-0.25, -0.2) is 0 Å². The van der Waals surface area contributed by atoms with E-state index in [4.69, 9.17) is 0 Å². The molecule has 0 saturated heterocycles. The second kappa shape index (κ2) is 11.1. The van der Waals surface area contributed by atoms with E-state index in [-0.39, 0.29) is 0 Å². The van der Waals surface area contributed by atoms with Crippen LogP contribution in [0.4, 0.5) is 0 Å². The molecule has 0 saturated carbocycles. The molecule has 1 aromatic rings. The van der Waals surface area contributed by atoms with Gasteiger partial charge in [-0.05, 0) is 32.8 Å². The van der Waals surface area contributed by atoms with Gasteiger partial charge >= 0.3 is 0 Å². The average Bonchev–Trinajstić information content (AvgIpc) is 2.50. The van der Waals surface area contributed by atoms with Gasteiger partial charge in [0.05, 0.1) is 0 Å². The molecular formula is C18H32N2S.